The van der Waals surface area contributed by atoms with Crippen LogP contribution in [-0.2, 0) is 16.5 Å². The Morgan fingerprint density at radius 2 is 1.85 bits per heavy atom. The van der Waals surface area contributed by atoms with E-state index in [1.165, 1.54) is 12.1 Å². The molecule has 1 fully saturated rings. The monoisotopic (exact) mass is 298 g/mol. The highest BCUT2D eigenvalue weighted by Gasteiger charge is 2.24. The molecule has 0 radical (unpaired) electrons. The highest BCUT2D eigenvalue weighted by molar-refractivity contribution is 7.85. The minimum absolute atomic E-state index is 0.0618. The number of aryl methyl sites for hydroxylation is 1. The van der Waals surface area contributed by atoms with Crippen LogP contribution in [0, 0.1) is 0 Å². The maximum atomic E-state index is 11.7. The van der Waals surface area contributed by atoms with Crippen molar-refractivity contribution in [1.29, 1.82) is 0 Å². The summed E-state index contributed by atoms with van der Waals surface area (Å²) in [5, 5.41) is 0. The summed E-state index contributed by atoms with van der Waals surface area (Å²) in [4.78, 5) is 15.1. The maximum absolute atomic E-state index is 11.7. The lowest BCUT2D eigenvalue weighted by Gasteiger charge is -2.15. The number of rotatable bonds is 5. The Hall–Kier alpha value is -1.60. The average molecular weight is 298 g/mol. The number of carbonyl (C=O) groups is 1. The number of nitrogens with zero attached hydrogens (tertiary/aromatic N) is 2. The van der Waals surface area contributed by atoms with Gasteiger partial charge in [0, 0.05) is 26.7 Å². The zero-order chi connectivity index (χ0) is 14.8. The third-order valence-corrected chi connectivity index (χ3v) is 4.28. The fraction of sp³-hybridized carbons (Fsp3) is 0.462. The lowest BCUT2D eigenvalue weighted by Crippen LogP contribution is -2.30. The van der Waals surface area contributed by atoms with Crippen molar-refractivity contribution >= 4 is 16.1 Å². The van der Waals surface area contributed by atoms with Gasteiger partial charge in [-0.25, -0.2) is 4.79 Å². The topological polar surface area (TPSA) is 77.9 Å². The fourth-order valence-corrected chi connectivity index (χ4v) is 2.69. The second-order valence-electron chi connectivity index (χ2n) is 4.91. The van der Waals surface area contributed by atoms with Crippen molar-refractivity contribution in [3.05, 3.63) is 29.8 Å². The summed E-state index contributed by atoms with van der Waals surface area (Å²) in [6.07, 6.45) is 1.59. The van der Waals surface area contributed by atoms with Gasteiger partial charge in [-0.3, -0.25) is 4.55 Å². The molecule has 1 aliphatic rings. The number of amides is 2. The lowest BCUT2D eigenvalue weighted by molar-refractivity contribution is 0.198. The van der Waals surface area contributed by atoms with E-state index < -0.39 is 10.1 Å². The standard InChI is InChI=1S/C13H18N2O4S/c1-14-9-10-15(13(14)16)8-2-3-11-4-6-12(7-5-11)20(17,18)19/h4-7H,2-3,8-10H2,1H3,(H,17,18,19). The van der Waals surface area contributed by atoms with Gasteiger partial charge in [0.2, 0.25) is 0 Å². The molecule has 6 nitrogen and oxygen atoms in total. The Labute approximate surface area is 118 Å². The fourth-order valence-electron chi connectivity index (χ4n) is 2.21. The zero-order valence-corrected chi connectivity index (χ0v) is 12.1. The Morgan fingerprint density at radius 3 is 2.35 bits per heavy atom. The van der Waals surface area contributed by atoms with Gasteiger partial charge in [0.25, 0.3) is 10.1 Å². The van der Waals surface area contributed by atoms with Crippen LogP contribution in [0.2, 0.25) is 0 Å². The van der Waals surface area contributed by atoms with E-state index in [0.717, 1.165) is 31.5 Å². The predicted octanol–water partition coefficient (Wildman–Crippen LogP) is 1.23. The van der Waals surface area contributed by atoms with Crippen molar-refractivity contribution in [2.75, 3.05) is 26.7 Å². The molecule has 1 aromatic carbocycles. The average Bonchev–Trinajstić information content (AvgIpc) is 2.70. The van der Waals surface area contributed by atoms with Gasteiger partial charge < -0.3 is 9.80 Å². The van der Waals surface area contributed by atoms with Crippen LogP contribution in [0.1, 0.15) is 12.0 Å². The van der Waals surface area contributed by atoms with Gasteiger partial charge in [0.15, 0.2) is 0 Å². The second-order valence-corrected chi connectivity index (χ2v) is 6.34. The van der Waals surface area contributed by atoms with E-state index in [1.54, 1.807) is 24.1 Å². The van der Waals surface area contributed by atoms with Crippen molar-refractivity contribution in [2.24, 2.45) is 0 Å². The van der Waals surface area contributed by atoms with Crippen molar-refractivity contribution in [3.8, 4) is 0 Å². The van der Waals surface area contributed by atoms with Crippen molar-refractivity contribution < 1.29 is 17.8 Å². The largest absolute Gasteiger partial charge is 0.326 e. The molecule has 1 saturated heterocycles. The van der Waals surface area contributed by atoms with E-state index in [2.05, 4.69) is 0 Å². The molecule has 0 aliphatic carbocycles. The van der Waals surface area contributed by atoms with Crippen LogP contribution in [0.15, 0.2) is 29.2 Å². The van der Waals surface area contributed by atoms with Gasteiger partial charge in [-0.1, -0.05) is 12.1 Å². The molecule has 20 heavy (non-hydrogen) atoms. The van der Waals surface area contributed by atoms with Crippen LogP contribution in [0.3, 0.4) is 0 Å². The van der Waals surface area contributed by atoms with Crippen LogP contribution in [0.4, 0.5) is 4.79 Å². The van der Waals surface area contributed by atoms with Crippen molar-refractivity contribution in [1.82, 2.24) is 9.80 Å². The highest BCUT2D eigenvalue weighted by atomic mass is 32.2. The highest BCUT2D eigenvalue weighted by Crippen LogP contribution is 2.13. The van der Waals surface area contributed by atoms with Gasteiger partial charge in [0.1, 0.15) is 0 Å². The second kappa shape index (κ2) is 5.80. The normalized spacial score (nSPS) is 16.0. The van der Waals surface area contributed by atoms with Crippen LogP contribution in [-0.4, -0.2) is 55.5 Å². The molecule has 110 valence electrons. The van der Waals surface area contributed by atoms with E-state index in [9.17, 15) is 13.2 Å². The van der Waals surface area contributed by atoms with E-state index in [4.69, 9.17) is 4.55 Å². The smallest absolute Gasteiger partial charge is 0.319 e. The predicted molar refractivity (Wildman–Crippen MR) is 74.2 cm³/mol. The third-order valence-electron chi connectivity index (χ3n) is 3.42. The first kappa shape index (κ1) is 14.8. The minimum Gasteiger partial charge on any atom is -0.326 e. The van der Waals surface area contributed by atoms with Gasteiger partial charge >= 0.3 is 6.03 Å². The Morgan fingerprint density at radius 1 is 1.20 bits per heavy atom. The molecule has 1 aromatic rings. The molecule has 7 heteroatoms. The molecule has 0 spiro atoms. The quantitative estimate of drug-likeness (QED) is 0.829. The van der Waals surface area contributed by atoms with Crippen LogP contribution in [0.5, 0.6) is 0 Å². The van der Waals surface area contributed by atoms with Crippen molar-refractivity contribution in [3.63, 3.8) is 0 Å². The van der Waals surface area contributed by atoms with E-state index in [1.807, 2.05) is 4.90 Å². The van der Waals surface area contributed by atoms with Crippen molar-refractivity contribution in [2.45, 2.75) is 17.7 Å². The van der Waals surface area contributed by atoms with Gasteiger partial charge in [-0.2, -0.15) is 8.42 Å². The Balaban J connectivity index is 1.84. The number of likely N-dealkylation sites (N-methyl/N-ethyl adjacent to an activating group) is 1. The van der Waals surface area contributed by atoms with Crippen LogP contribution < -0.4 is 0 Å². The summed E-state index contributed by atoms with van der Waals surface area (Å²) >= 11 is 0. The summed E-state index contributed by atoms with van der Waals surface area (Å²) in [7, 11) is -2.34. The number of carbonyl (C=O) groups excluding carboxylic acids is 1. The minimum atomic E-state index is -4.12. The van der Waals surface area contributed by atoms with E-state index in [-0.39, 0.29) is 10.9 Å². The summed E-state index contributed by atoms with van der Waals surface area (Å²) in [5.74, 6) is 0. The lowest BCUT2D eigenvalue weighted by atomic mass is 10.1. The van der Waals surface area contributed by atoms with Crippen LogP contribution >= 0.6 is 0 Å². The molecule has 1 heterocycles. The van der Waals surface area contributed by atoms with Gasteiger partial charge in [-0.15, -0.1) is 0 Å². The Kier molecular flexibility index (Phi) is 4.29. The molecule has 2 rings (SSSR count). The molecule has 0 aromatic heterocycles. The summed E-state index contributed by atoms with van der Waals surface area (Å²) < 4.78 is 30.7. The number of benzene rings is 1. The van der Waals surface area contributed by atoms with Crippen LogP contribution in [0.25, 0.3) is 0 Å². The summed E-state index contributed by atoms with van der Waals surface area (Å²) in [6.45, 7) is 2.22. The number of hydrogen-bond acceptors (Lipinski definition) is 3. The third kappa shape index (κ3) is 3.49. The molecule has 0 unspecified atom stereocenters. The molecule has 1 aliphatic heterocycles. The van der Waals surface area contributed by atoms with Gasteiger partial charge in [0.05, 0.1) is 4.90 Å². The number of urea groups is 1. The zero-order valence-electron chi connectivity index (χ0n) is 11.3. The van der Waals surface area contributed by atoms with Gasteiger partial charge in [-0.05, 0) is 30.5 Å². The molecule has 0 saturated carbocycles. The Bertz CT molecular complexity index is 583. The SMILES string of the molecule is CN1CCN(CCCc2ccc(S(=O)(=O)O)cc2)C1=O. The first-order chi connectivity index (χ1) is 9.38. The first-order valence-corrected chi connectivity index (χ1v) is 7.88. The first-order valence-electron chi connectivity index (χ1n) is 6.44. The molecule has 0 bridgehead atoms. The summed E-state index contributed by atoms with van der Waals surface area (Å²) in [6, 6.07) is 6.20. The molecular weight excluding hydrogens is 280 g/mol. The molecular formula is C13H18N2O4S. The van der Waals surface area contributed by atoms with E-state index in [0.29, 0.717) is 6.54 Å². The molecule has 1 N–H and O–H groups in total. The van der Waals surface area contributed by atoms with E-state index >= 15 is 0 Å². The molecule has 2 amide bonds. The number of hydrogen-bond donors (Lipinski definition) is 1. The maximum Gasteiger partial charge on any atom is 0.319 e. The summed E-state index contributed by atoms with van der Waals surface area (Å²) in [5.41, 5.74) is 0.984. The molecule has 0 atom stereocenters.